The minimum absolute atomic E-state index is 0.0489. The van der Waals surface area contributed by atoms with Gasteiger partial charge in [-0.05, 0) is 25.7 Å². The van der Waals surface area contributed by atoms with Crippen LogP contribution in [0.4, 0.5) is 0 Å². The van der Waals surface area contributed by atoms with E-state index < -0.39 is 0 Å². The molecule has 1 unspecified atom stereocenters. The van der Waals surface area contributed by atoms with Crippen molar-refractivity contribution in [3.63, 3.8) is 0 Å². The Balaban J connectivity index is 2.26. The second-order valence-corrected chi connectivity index (χ2v) is 5.00. The Bertz CT molecular complexity index is 282. The minimum atomic E-state index is -0.197. The summed E-state index contributed by atoms with van der Waals surface area (Å²) < 4.78 is 5.42. The van der Waals surface area contributed by atoms with Gasteiger partial charge in [-0.15, -0.1) is 0 Å². The molecular weight excluding hydrogens is 244 g/mol. The lowest BCUT2D eigenvalue weighted by Gasteiger charge is -2.21. The third-order valence-corrected chi connectivity index (χ3v) is 3.20. The van der Waals surface area contributed by atoms with Crippen molar-refractivity contribution in [2.75, 3.05) is 26.2 Å². The molecule has 2 amide bonds. The Morgan fingerprint density at radius 3 is 2.47 bits per heavy atom. The first-order chi connectivity index (χ1) is 9.17. The molecule has 1 saturated heterocycles. The standard InChI is InChI=1S/C14H26N2O3/c1-3-7-16(8-4-2)14(18)10-13(17)15-11-12-6-5-9-19-12/h12H,3-11H2,1-2H3,(H,15,17). The Morgan fingerprint density at radius 1 is 1.26 bits per heavy atom. The van der Waals surface area contributed by atoms with E-state index in [9.17, 15) is 9.59 Å². The Labute approximate surface area is 115 Å². The Morgan fingerprint density at radius 2 is 1.95 bits per heavy atom. The van der Waals surface area contributed by atoms with Crippen molar-refractivity contribution >= 4 is 11.8 Å². The van der Waals surface area contributed by atoms with E-state index in [0.717, 1.165) is 45.4 Å². The maximum Gasteiger partial charge on any atom is 0.232 e. The summed E-state index contributed by atoms with van der Waals surface area (Å²) in [5.41, 5.74) is 0. The zero-order valence-electron chi connectivity index (χ0n) is 12.1. The van der Waals surface area contributed by atoms with Crippen LogP contribution in [0.2, 0.25) is 0 Å². The van der Waals surface area contributed by atoms with E-state index in [0.29, 0.717) is 6.54 Å². The molecule has 1 aliphatic rings. The molecule has 1 rings (SSSR count). The average Bonchev–Trinajstić information content (AvgIpc) is 2.89. The fourth-order valence-corrected chi connectivity index (χ4v) is 2.25. The lowest BCUT2D eigenvalue weighted by atomic mass is 10.2. The van der Waals surface area contributed by atoms with Crippen LogP contribution >= 0.6 is 0 Å². The number of amides is 2. The molecule has 1 aliphatic heterocycles. The van der Waals surface area contributed by atoms with Crippen LogP contribution in [-0.2, 0) is 14.3 Å². The molecule has 0 saturated carbocycles. The lowest BCUT2D eigenvalue weighted by molar-refractivity contribution is -0.136. The van der Waals surface area contributed by atoms with Gasteiger partial charge in [-0.1, -0.05) is 13.8 Å². The van der Waals surface area contributed by atoms with Crippen molar-refractivity contribution in [2.45, 2.75) is 52.1 Å². The summed E-state index contributed by atoms with van der Waals surface area (Å²) in [5.74, 6) is -0.272. The van der Waals surface area contributed by atoms with Crippen molar-refractivity contribution in [2.24, 2.45) is 0 Å². The van der Waals surface area contributed by atoms with E-state index in [-0.39, 0.29) is 24.3 Å². The summed E-state index contributed by atoms with van der Waals surface area (Å²) >= 11 is 0. The molecule has 0 bridgehead atoms. The lowest BCUT2D eigenvalue weighted by Crippen LogP contribution is -2.38. The van der Waals surface area contributed by atoms with E-state index >= 15 is 0 Å². The van der Waals surface area contributed by atoms with Crippen LogP contribution in [0.5, 0.6) is 0 Å². The van der Waals surface area contributed by atoms with Crippen molar-refractivity contribution in [3.8, 4) is 0 Å². The van der Waals surface area contributed by atoms with Crippen LogP contribution < -0.4 is 5.32 Å². The predicted octanol–water partition coefficient (Wildman–Crippen LogP) is 1.32. The van der Waals surface area contributed by atoms with Crippen molar-refractivity contribution in [3.05, 3.63) is 0 Å². The summed E-state index contributed by atoms with van der Waals surface area (Å²) in [7, 11) is 0. The summed E-state index contributed by atoms with van der Waals surface area (Å²) in [4.78, 5) is 25.4. The summed E-state index contributed by atoms with van der Waals surface area (Å²) in [6, 6.07) is 0. The van der Waals surface area contributed by atoms with Crippen molar-refractivity contribution in [1.82, 2.24) is 10.2 Å². The molecular formula is C14H26N2O3. The summed E-state index contributed by atoms with van der Waals surface area (Å²) in [6.07, 6.45) is 3.97. The number of nitrogens with one attached hydrogen (secondary N) is 1. The van der Waals surface area contributed by atoms with Gasteiger partial charge in [-0.25, -0.2) is 0 Å². The summed E-state index contributed by atoms with van der Waals surface area (Å²) in [5, 5.41) is 2.78. The number of hydrogen-bond acceptors (Lipinski definition) is 3. The van der Waals surface area contributed by atoms with Crippen molar-refractivity contribution in [1.29, 1.82) is 0 Å². The van der Waals surface area contributed by atoms with Gasteiger partial charge in [0, 0.05) is 26.2 Å². The topological polar surface area (TPSA) is 58.6 Å². The molecule has 0 aromatic heterocycles. The fraction of sp³-hybridized carbons (Fsp3) is 0.857. The second-order valence-electron chi connectivity index (χ2n) is 5.00. The first kappa shape index (κ1) is 16.0. The normalized spacial score (nSPS) is 18.3. The largest absolute Gasteiger partial charge is 0.376 e. The third kappa shape index (κ3) is 6.05. The van der Waals surface area contributed by atoms with Gasteiger partial charge < -0.3 is 15.0 Å². The van der Waals surface area contributed by atoms with Gasteiger partial charge in [0.25, 0.3) is 0 Å². The van der Waals surface area contributed by atoms with E-state index in [1.54, 1.807) is 4.90 Å². The van der Waals surface area contributed by atoms with Gasteiger partial charge in [0.2, 0.25) is 11.8 Å². The molecule has 0 spiro atoms. The molecule has 110 valence electrons. The molecule has 0 radical (unpaired) electrons. The summed E-state index contributed by atoms with van der Waals surface area (Å²) in [6.45, 7) is 6.83. The fourth-order valence-electron chi connectivity index (χ4n) is 2.25. The van der Waals surface area contributed by atoms with E-state index in [1.807, 2.05) is 13.8 Å². The van der Waals surface area contributed by atoms with Crippen LogP contribution in [0.1, 0.15) is 46.0 Å². The van der Waals surface area contributed by atoms with E-state index in [1.165, 1.54) is 0 Å². The van der Waals surface area contributed by atoms with Crippen LogP contribution in [-0.4, -0.2) is 49.1 Å². The number of ether oxygens (including phenoxy) is 1. The molecule has 1 atom stereocenters. The molecule has 1 N–H and O–H groups in total. The molecule has 0 aromatic rings. The van der Waals surface area contributed by atoms with Crippen LogP contribution in [0, 0.1) is 0 Å². The Kier molecular flexibility index (Phi) is 7.48. The maximum absolute atomic E-state index is 12.0. The second kappa shape index (κ2) is 8.91. The highest BCUT2D eigenvalue weighted by Gasteiger charge is 2.19. The number of carbonyl (C=O) groups is 2. The monoisotopic (exact) mass is 270 g/mol. The number of hydrogen-bond donors (Lipinski definition) is 1. The number of nitrogens with zero attached hydrogens (tertiary/aromatic N) is 1. The van der Waals surface area contributed by atoms with E-state index in [4.69, 9.17) is 4.74 Å². The van der Waals surface area contributed by atoms with Crippen molar-refractivity contribution < 1.29 is 14.3 Å². The number of rotatable bonds is 8. The van der Waals surface area contributed by atoms with Crippen LogP contribution in [0.25, 0.3) is 0 Å². The highest BCUT2D eigenvalue weighted by molar-refractivity contribution is 5.96. The quantitative estimate of drug-likeness (QED) is 0.677. The average molecular weight is 270 g/mol. The van der Waals surface area contributed by atoms with Gasteiger partial charge in [-0.2, -0.15) is 0 Å². The van der Waals surface area contributed by atoms with Gasteiger partial charge in [0.05, 0.1) is 6.10 Å². The van der Waals surface area contributed by atoms with Gasteiger partial charge >= 0.3 is 0 Å². The molecule has 0 aliphatic carbocycles. The first-order valence-electron chi connectivity index (χ1n) is 7.33. The SMILES string of the molecule is CCCN(CCC)C(=O)CC(=O)NCC1CCCO1. The van der Waals surface area contributed by atoms with Gasteiger partial charge in [0.15, 0.2) is 0 Å². The molecule has 5 heteroatoms. The molecule has 1 fully saturated rings. The highest BCUT2D eigenvalue weighted by atomic mass is 16.5. The zero-order valence-corrected chi connectivity index (χ0v) is 12.1. The molecule has 0 aromatic carbocycles. The van der Waals surface area contributed by atoms with E-state index in [2.05, 4.69) is 5.32 Å². The molecule has 1 heterocycles. The van der Waals surface area contributed by atoms with Gasteiger partial charge in [0.1, 0.15) is 6.42 Å². The third-order valence-electron chi connectivity index (χ3n) is 3.20. The maximum atomic E-state index is 12.0. The minimum Gasteiger partial charge on any atom is -0.376 e. The smallest absolute Gasteiger partial charge is 0.232 e. The van der Waals surface area contributed by atoms with Crippen LogP contribution in [0.15, 0.2) is 0 Å². The molecule has 19 heavy (non-hydrogen) atoms. The Hall–Kier alpha value is -1.10. The number of carbonyl (C=O) groups excluding carboxylic acids is 2. The van der Waals surface area contributed by atoms with Gasteiger partial charge in [-0.3, -0.25) is 9.59 Å². The van der Waals surface area contributed by atoms with Crippen LogP contribution in [0.3, 0.4) is 0 Å². The predicted molar refractivity (Wildman–Crippen MR) is 73.8 cm³/mol. The first-order valence-corrected chi connectivity index (χ1v) is 7.33. The molecule has 5 nitrogen and oxygen atoms in total. The zero-order chi connectivity index (χ0) is 14.1. The highest BCUT2D eigenvalue weighted by Crippen LogP contribution is 2.10.